The van der Waals surface area contributed by atoms with Crippen LogP contribution in [0.15, 0.2) is 4.99 Å². The lowest BCUT2D eigenvalue weighted by Crippen LogP contribution is -2.53. The Kier molecular flexibility index (Phi) is 8.22. The minimum atomic E-state index is 0.178. The SMILES string of the molecule is CCNC(=NCC1CCCCN1CC(C)C)N1CCOC(C2CCCO2)C1. The molecule has 3 rings (SSSR count). The summed E-state index contributed by atoms with van der Waals surface area (Å²) < 4.78 is 11.9. The third kappa shape index (κ3) is 6.06. The quantitative estimate of drug-likeness (QED) is 0.566. The topological polar surface area (TPSA) is 49.3 Å². The van der Waals surface area contributed by atoms with E-state index in [0.29, 0.717) is 12.0 Å². The molecule has 0 saturated carbocycles. The molecule has 1 N–H and O–H groups in total. The van der Waals surface area contributed by atoms with Crippen LogP contribution in [0.5, 0.6) is 0 Å². The van der Waals surface area contributed by atoms with Gasteiger partial charge in [-0.3, -0.25) is 9.89 Å². The Morgan fingerprint density at radius 3 is 2.67 bits per heavy atom. The summed E-state index contributed by atoms with van der Waals surface area (Å²) in [5.41, 5.74) is 0. The highest BCUT2D eigenvalue weighted by atomic mass is 16.5. The van der Waals surface area contributed by atoms with Crippen LogP contribution in [0.2, 0.25) is 0 Å². The number of nitrogens with zero attached hydrogens (tertiary/aromatic N) is 3. The fourth-order valence-corrected chi connectivity index (χ4v) is 4.58. The molecule has 27 heavy (non-hydrogen) atoms. The first-order valence-electron chi connectivity index (χ1n) is 11.2. The summed E-state index contributed by atoms with van der Waals surface area (Å²) in [6.45, 7) is 14.5. The van der Waals surface area contributed by atoms with Crippen molar-refractivity contribution < 1.29 is 9.47 Å². The van der Waals surface area contributed by atoms with Crippen molar-refractivity contribution in [2.45, 2.75) is 71.1 Å². The number of likely N-dealkylation sites (tertiary alicyclic amines) is 1. The molecule has 3 saturated heterocycles. The van der Waals surface area contributed by atoms with Crippen LogP contribution in [0.3, 0.4) is 0 Å². The van der Waals surface area contributed by atoms with Gasteiger partial charge in [-0.25, -0.2) is 0 Å². The lowest BCUT2D eigenvalue weighted by atomic mass is 10.0. The Bertz CT molecular complexity index is 465. The summed E-state index contributed by atoms with van der Waals surface area (Å²) in [6.07, 6.45) is 6.67. The Morgan fingerprint density at radius 1 is 1.07 bits per heavy atom. The highest BCUT2D eigenvalue weighted by Crippen LogP contribution is 2.22. The fourth-order valence-electron chi connectivity index (χ4n) is 4.58. The van der Waals surface area contributed by atoms with Gasteiger partial charge in [-0.15, -0.1) is 0 Å². The molecule has 3 unspecified atom stereocenters. The second-order valence-electron chi connectivity index (χ2n) is 8.64. The molecule has 3 aliphatic rings. The molecule has 6 heteroatoms. The smallest absolute Gasteiger partial charge is 0.194 e. The summed E-state index contributed by atoms with van der Waals surface area (Å²) in [6, 6.07) is 0.588. The summed E-state index contributed by atoms with van der Waals surface area (Å²) in [7, 11) is 0. The number of hydrogen-bond acceptors (Lipinski definition) is 4. The molecule has 0 aromatic carbocycles. The third-order valence-corrected chi connectivity index (χ3v) is 5.91. The van der Waals surface area contributed by atoms with E-state index < -0.39 is 0 Å². The van der Waals surface area contributed by atoms with Crippen molar-refractivity contribution in [1.82, 2.24) is 15.1 Å². The van der Waals surface area contributed by atoms with Crippen LogP contribution in [0, 0.1) is 5.92 Å². The highest BCUT2D eigenvalue weighted by molar-refractivity contribution is 5.80. The molecular formula is C21H40N4O2. The van der Waals surface area contributed by atoms with Crippen LogP contribution in [0.4, 0.5) is 0 Å². The molecular weight excluding hydrogens is 340 g/mol. The molecule has 0 radical (unpaired) electrons. The number of guanidine groups is 1. The molecule has 0 aromatic heterocycles. The fraction of sp³-hybridized carbons (Fsp3) is 0.952. The van der Waals surface area contributed by atoms with Crippen molar-refractivity contribution in [2.24, 2.45) is 10.9 Å². The zero-order valence-electron chi connectivity index (χ0n) is 17.7. The van der Waals surface area contributed by atoms with E-state index >= 15 is 0 Å². The van der Waals surface area contributed by atoms with Gasteiger partial charge in [0.25, 0.3) is 0 Å². The monoisotopic (exact) mass is 380 g/mol. The van der Waals surface area contributed by atoms with Crippen LogP contribution < -0.4 is 5.32 Å². The van der Waals surface area contributed by atoms with Gasteiger partial charge in [0.2, 0.25) is 0 Å². The van der Waals surface area contributed by atoms with Gasteiger partial charge >= 0.3 is 0 Å². The number of morpholine rings is 1. The zero-order valence-corrected chi connectivity index (χ0v) is 17.7. The minimum Gasteiger partial charge on any atom is -0.375 e. The predicted octanol–water partition coefficient (Wildman–Crippen LogP) is 2.34. The van der Waals surface area contributed by atoms with Gasteiger partial charge in [-0.2, -0.15) is 0 Å². The number of nitrogens with one attached hydrogen (secondary N) is 1. The Balaban J connectivity index is 1.60. The van der Waals surface area contributed by atoms with E-state index in [0.717, 1.165) is 58.2 Å². The van der Waals surface area contributed by atoms with E-state index in [9.17, 15) is 0 Å². The van der Waals surface area contributed by atoms with Gasteiger partial charge in [0.1, 0.15) is 6.10 Å². The van der Waals surface area contributed by atoms with Gasteiger partial charge < -0.3 is 19.7 Å². The first-order valence-corrected chi connectivity index (χ1v) is 11.2. The van der Waals surface area contributed by atoms with E-state index in [-0.39, 0.29) is 12.2 Å². The number of aliphatic imine (C=N–C) groups is 1. The highest BCUT2D eigenvalue weighted by Gasteiger charge is 2.32. The second kappa shape index (κ2) is 10.6. The van der Waals surface area contributed by atoms with Crippen molar-refractivity contribution in [3.8, 4) is 0 Å². The largest absolute Gasteiger partial charge is 0.375 e. The van der Waals surface area contributed by atoms with Crippen LogP contribution >= 0.6 is 0 Å². The van der Waals surface area contributed by atoms with E-state index in [4.69, 9.17) is 14.5 Å². The van der Waals surface area contributed by atoms with Crippen molar-refractivity contribution in [3.05, 3.63) is 0 Å². The van der Waals surface area contributed by atoms with Crippen LogP contribution in [-0.4, -0.2) is 86.5 Å². The van der Waals surface area contributed by atoms with Crippen LogP contribution in [-0.2, 0) is 9.47 Å². The maximum atomic E-state index is 6.02. The summed E-state index contributed by atoms with van der Waals surface area (Å²) in [5, 5.41) is 3.52. The molecule has 0 bridgehead atoms. The Morgan fingerprint density at radius 2 is 1.93 bits per heavy atom. The van der Waals surface area contributed by atoms with Crippen LogP contribution in [0.25, 0.3) is 0 Å². The summed E-state index contributed by atoms with van der Waals surface area (Å²) in [5.74, 6) is 1.77. The van der Waals surface area contributed by atoms with E-state index in [1.54, 1.807) is 0 Å². The minimum absolute atomic E-state index is 0.178. The maximum absolute atomic E-state index is 6.02. The maximum Gasteiger partial charge on any atom is 0.194 e. The lowest BCUT2D eigenvalue weighted by molar-refractivity contribution is -0.0817. The molecule has 3 fully saturated rings. The van der Waals surface area contributed by atoms with Gasteiger partial charge in [0.15, 0.2) is 5.96 Å². The average molecular weight is 381 g/mol. The first kappa shape index (κ1) is 20.9. The number of hydrogen-bond donors (Lipinski definition) is 1. The summed E-state index contributed by atoms with van der Waals surface area (Å²) in [4.78, 5) is 10.1. The molecule has 3 heterocycles. The molecule has 0 aromatic rings. The average Bonchev–Trinajstić information content (AvgIpc) is 3.21. The normalized spacial score (nSPS) is 30.9. The number of ether oxygens (including phenoxy) is 2. The van der Waals surface area contributed by atoms with Gasteiger partial charge in [-0.05, 0) is 45.1 Å². The Hall–Kier alpha value is -0.850. The molecule has 156 valence electrons. The third-order valence-electron chi connectivity index (χ3n) is 5.91. The van der Waals surface area contributed by atoms with E-state index in [2.05, 4.69) is 35.9 Å². The first-order chi connectivity index (χ1) is 13.2. The van der Waals surface area contributed by atoms with E-state index in [1.165, 1.54) is 32.4 Å². The van der Waals surface area contributed by atoms with Crippen molar-refractivity contribution in [3.63, 3.8) is 0 Å². The molecule has 3 atom stereocenters. The van der Waals surface area contributed by atoms with Crippen LogP contribution in [0.1, 0.15) is 52.9 Å². The molecule has 0 spiro atoms. The Labute approximate surface area is 165 Å². The molecule has 6 nitrogen and oxygen atoms in total. The van der Waals surface area contributed by atoms with Gasteiger partial charge in [0, 0.05) is 38.8 Å². The van der Waals surface area contributed by atoms with Crippen molar-refractivity contribution >= 4 is 5.96 Å². The van der Waals surface area contributed by atoms with Crippen molar-refractivity contribution in [1.29, 1.82) is 0 Å². The number of rotatable bonds is 6. The van der Waals surface area contributed by atoms with Gasteiger partial charge in [0.05, 0.1) is 19.3 Å². The lowest BCUT2D eigenvalue weighted by Gasteiger charge is -2.38. The predicted molar refractivity (Wildman–Crippen MR) is 110 cm³/mol. The molecule has 3 aliphatic heterocycles. The zero-order chi connectivity index (χ0) is 19.1. The standard InChI is InChI=1S/C21H40N4O2/c1-4-22-21(23-14-18-8-5-6-10-24(18)15-17(2)3)25-11-13-27-20(16-25)19-9-7-12-26-19/h17-20H,4-16H2,1-3H3,(H,22,23). The van der Waals surface area contributed by atoms with Crippen molar-refractivity contribution in [2.75, 3.05) is 52.5 Å². The van der Waals surface area contributed by atoms with Gasteiger partial charge in [-0.1, -0.05) is 20.3 Å². The molecule has 0 amide bonds. The summed E-state index contributed by atoms with van der Waals surface area (Å²) >= 11 is 0. The second-order valence-corrected chi connectivity index (χ2v) is 8.64. The number of piperidine rings is 1. The van der Waals surface area contributed by atoms with E-state index in [1.807, 2.05) is 0 Å². The molecule has 0 aliphatic carbocycles.